The molecule has 9 aromatic carbocycles. The Morgan fingerprint density at radius 2 is 0.972 bits per heavy atom. The van der Waals surface area contributed by atoms with E-state index >= 15 is 0 Å². The molecule has 0 radical (unpaired) electrons. The molecule has 1 fully saturated rings. The van der Waals surface area contributed by atoms with E-state index in [1.165, 1.54) is 76.1 Å². The Morgan fingerprint density at radius 1 is 0.458 bits per heavy atom. The van der Waals surface area contributed by atoms with Gasteiger partial charge in [-0.3, -0.25) is 0 Å². The number of hydrogen-bond donors (Lipinski definition) is 0. The maximum absolute atomic E-state index is 7.16. The lowest BCUT2D eigenvalue weighted by molar-refractivity contribution is 0.402. The number of hydrogen-bond acceptors (Lipinski definition) is 6. The van der Waals surface area contributed by atoms with Crippen molar-refractivity contribution in [1.29, 1.82) is 0 Å². The van der Waals surface area contributed by atoms with Crippen molar-refractivity contribution < 1.29 is 4.74 Å². The highest BCUT2D eigenvalue weighted by atomic mass is 16.5. The van der Waals surface area contributed by atoms with Gasteiger partial charge in [-0.15, -0.1) is 0 Å². The van der Waals surface area contributed by atoms with Gasteiger partial charge in [0, 0.05) is 68.6 Å². The lowest BCUT2D eigenvalue weighted by Gasteiger charge is -2.47. The summed E-state index contributed by atoms with van der Waals surface area (Å²) in [7, 11) is 0. The molecule has 5 heterocycles. The number of rotatable bonds is 5. The predicted octanol–water partition coefficient (Wildman–Crippen LogP) is 15.6. The first-order chi connectivity index (χ1) is 35.5. The minimum Gasteiger partial charge on any atom is -0.456 e. The SMILES string of the molecule is CC1(C)N(c2ccccc2)c2cc3c4c(c2N1c1ccccc1)N(c1ccccc1)c1cc2c(cc1B4C1=C(c4ccccc4Oc4ccccc41)N3c1ccccc1)C1CCCCC1N2c1ccccc1. The highest BCUT2D eigenvalue weighted by Crippen LogP contribution is 2.63. The van der Waals surface area contributed by atoms with Gasteiger partial charge in [-0.05, 0) is 140 Å². The molecule has 9 aromatic rings. The van der Waals surface area contributed by atoms with Crippen molar-refractivity contribution in [3.05, 3.63) is 235 Å². The second-order valence-corrected chi connectivity index (χ2v) is 20.6. The summed E-state index contributed by atoms with van der Waals surface area (Å²) < 4.78 is 7.16. The number of fused-ring (bicyclic) bond motifs is 12. The fourth-order valence-electron chi connectivity index (χ4n) is 13.7. The van der Waals surface area contributed by atoms with Crippen molar-refractivity contribution >= 4 is 91.4 Å². The van der Waals surface area contributed by atoms with Crippen LogP contribution in [0.2, 0.25) is 0 Å². The van der Waals surface area contributed by atoms with Crippen LogP contribution in [0, 0.1) is 0 Å². The van der Waals surface area contributed by atoms with Crippen molar-refractivity contribution in [2.75, 3.05) is 24.5 Å². The van der Waals surface area contributed by atoms with E-state index in [1.54, 1.807) is 0 Å². The van der Waals surface area contributed by atoms with Crippen LogP contribution in [0.25, 0.3) is 11.2 Å². The number of nitrogens with zero attached hydrogens (tertiary/aromatic N) is 5. The Bertz CT molecular complexity index is 3640. The van der Waals surface area contributed by atoms with E-state index in [-0.39, 0.29) is 6.71 Å². The largest absolute Gasteiger partial charge is 0.456 e. The van der Waals surface area contributed by atoms with Crippen LogP contribution in [-0.2, 0) is 0 Å². The van der Waals surface area contributed by atoms with Crippen LogP contribution in [0.1, 0.15) is 62.1 Å². The lowest BCUT2D eigenvalue weighted by atomic mass is 9.31. The second-order valence-electron chi connectivity index (χ2n) is 20.6. The first kappa shape index (κ1) is 41.4. The minimum atomic E-state index is -0.559. The maximum atomic E-state index is 7.16. The first-order valence-corrected chi connectivity index (χ1v) is 25.8. The summed E-state index contributed by atoms with van der Waals surface area (Å²) in [6.45, 7) is 4.59. The fraction of sp³-hybridized carbons (Fsp3) is 0.138. The van der Waals surface area contributed by atoms with E-state index in [2.05, 4.69) is 257 Å². The van der Waals surface area contributed by atoms with Crippen LogP contribution < -0.4 is 40.2 Å². The van der Waals surface area contributed by atoms with Crippen LogP contribution in [0.5, 0.6) is 11.5 Å². The van der Waals surface area contributed by atoms with Crippen molar-refractivity contribution in [2.24, 2.45) is 0 Å². The molecule has 1 aliphatic carbocycles. The molecule has 0 saturated heterocycles. The number of anilines is 11. The number of para-hydroxylation sites is 7. The van der Waals surface area contributed by atoms with Crippen LogP contribution in [0.3, 0.4) is 0 Å². The van der Waals surface area contributed by atoms with Crippen molar-refractivity contribution in [3.8, 4) is 11.5 Å². The van der Waals surface area contributed by atoms with E-state index in [1.807, 2.05) is 0 Å². The molecule has 0 aromatic heterocycles. The Balaban J connectivity index is 1.15. The molecule has 1 saturated carbocycles. The molecule has 0 spiro atoms. The summed E-state index contributed by atoms with van der Waals surface area (Å²) in [5.74, 6) is 2.14. The van der Waals surface area contributed by atoms with E-state index < -0.39 is 5.66 Å². The fourth-order valence-corrected chi connectivity index (χ4v) is 13.7. The van der Waals surface area contributed by atoms with Gasteiger partial charge in [-0.1, -0.05) is 140 Å². The topological polar surface area (TPSA) is 25.4 Å². The van der Waals surface area contributed by atoms with Gasteiger partial charge in [0.2, 0.25) is 0 Å². The molecule has 6 nitrogen and oxygen atoms in total. The zero-order chi connectivity index (χ0) is 47.7. The summed E-state index contributed by atoms with van der Waals surface area (Å²) >= 11 is 0. The Kier molecular flexibility index (Phi) is 9.08. The van der Waals surface area contributed by atoms with Gasteiger partial charge in [0.1, 0.15) is 17.2 Å². The molecule has 2 atom stereocenters. The third kappa shape index (κ3) is 5.85. The second kappa shape index (κ2) is 15.8. The van der Waals surface area contributed by atoms with Crippen LogP contribution >= 0.6 is 0 Å². The van der Waals surface area contributed by atoms with Gasteiger partial charge < -0.3 is 29.2 Å². The average molecular weight is 930 g/mol. The van der Waals surface area contributed by atoms with E-state index in [0.29, 0.717) is 12.0 Å². The van der Waals surface area contributed by atoms with Crippen molar-refractivity contribution in [1.82, 2.24) is 0 Å². The molecule has 2 unspecified atom stereocenters. The number of benzene rings is 9. The summed E-state index contributed by atoms with van der Waals surface area (Å²) in [6.07, 6.45) is 4.83. The van der Waals surface area contributed by atoms with Gasteiger partial charge in [0.05, 0.1) is 22.8 Å². The molecule has 0 bridgehead atoms. The predicted molar refractivity (Wildman–Crippen MR) is 299 cm³/mol. The molecule has 6 aliphatic rings. The molecular weight excluding hydrogens is 878 g/mol. The normalized spacial score (nSPS) is 18.5. The lowest BCUT2D eigenvalue weighted by Crippen LogP contribution is -2.55. The molecular formula is C65H52BN5O. The molecule has 72 heavy (non-hydrogen) atoms. The third-order valence-corrected chi connectivity index (χ3v) is 16.4. The standard InChI is InChI=1S/C65H52BN5O/c1-65(2)70(46-30-14-6-15-31-46)57-42-56-61-64(63(57)71(65)47-32-16-7-17-33-47)68(44-26-10-4-11-27-44)55-41-54-51(48-34-18-21-37-53(48)67(54)43-24-8-3-9-25-43)40-52(55)66(61)60-49-35-19-22-38-58(49)72-59-39-23-20-36-50(59)62(60)69(56)45-28-12-5-13-29-45/h3-17,19-20,22-33,35-36,38-42,48,53H,18,21,34,37H2,1-2H3. The molecule has 15 rings (SSSR count). The highest BCUT2D eigenvalue weighted by molar-refractivity contribution is 7.04. The Morgan fingerprint density at radius 3 is 1.62 bits per heavy atom. The van der Waals surface area contributed by atoms with Crippen molar-refractivity contribution in [2.45, 2.75) is 57.2 Å². The van der Waals surface area contributed by atoms with Gasteiger partial charge in [-0.2, -0.15) is 0 Å². The van der Waals surface area contributed by atoms with E-state index in [4.69, 9.17) is 4.74 Å². The molecule has 346 valence electrons. The van der Waals surface area contributed by atoms with E-state index in [9.17, 15) is 0 Å². The summed E-state index contributed by atoms with van der Waals surface area (Å²) in [6, 6.07) is 81.2. The van der Waals surface area contributed by atoms with Crippen LogP contribution in [0.15, 0.2) is 218 Å². The van der Waals surface area contributed by atoms with Gasteiger partial charge >= 0.3 is 0 Å². The quantitative estimate of drug-likeness (QED) is 0.160. The number of ether oxygens (including phenoxy) is 1. The molecule has 5 aliphatic heterocycles. The highest BCUT2D eigenvalue weighted by Gasteiger charge is 2.55. The Hall–Kier alpha value is -8.42. The van der Waals surface area contributed by atoms with Crippen LogP contribution in [0.4, 0.5) is 62.6 Å². The smallest absolute Gasteiger partial charge is 0.253 e. The molecule has 0 amide bonds. The van der Waals surface area contributed by atoms with Crippen molar-refractivity contribution in [3.63, 3.8) is 0 Å². The zero-order valence-electron chi connectivity index (χ0n) is 40.5. The summed E-state index contributed by atoms with van der Waals surface area (Å²) in [5.41, 5.74) is 21.1. The monoisotopic (exact) mass is 929 g/mol. The zero-order valence-corrected chi connectivity index (χ0v) is 40.5. The minimum absolute atomic E-state index is 0.189. The molecule has 7 heteroatoms. The summed E-state index contributed by atoms with van der Waals surface area (Å²) in [5, 5.41) is 0. The van der Waals surface area contributed by atoms with Crippen LogP contribution in [-0.4, -0.2) is 18.4 Å². The van der Waals surface area contributed by atoms with Gasteiger partial charge in [0.15, 0.2) is 0 Å². The van der Waals surface area contributed by atoms with Gasteiger partial charge in [-0.25, -0.2) is 0 Å². The van der Waals surface area contributed by atoms with E-state index in [0.717, 1.165) is 62.4 Å². The van der Waals surface area contributed by atoms with Gasteiger partial charge in [0.25, 0.3) is 6.71 Å². The third-order valence-electron chi connectivity index (χ3n) is 16.4. The summed E-state index contributed by atoms with van der Waals surface area (Å²) in [4.78, 5) is 13.1. The maximum Gasteiger partial charge on any atom is 0.253 e. The first-order valence-electron chi connectivity index (χ1n) is 25.8. The average Bonchev–Trinajstić information content (AvgIpc) is 3.82. The molecule has 0 N–H and O–H groups in total. The Labute approximate surface area is 422 Å².